The highest BCUT2D eigenvalue weighted by atomic mass is 16.2. The third-order valence-electron chi connectivity index (χ3n) is 7.74. The summed E-state index contributed by atoms with van der Waals surface area (Å²) in [7, 11) is 0. The molecule has 0 radical (unpaired) electrons. The van der Waals surface area contributed by atoms with Crippen molar-refractivity contribution >= 4 is 5.91 Å². The van der Waals surface area contributed by atoms with Crippen LogP contribution in [0.15, 0.2) is 36.8 Å². The first-order valence-corrected chi connectivity index (χ1v) is 12.1. The number of likely N-dealkylation sites (tertiary alicyclic amines) is 2. The summed E-state index contributed by atoms with van der Waals surface area (Å²) in [5.41, 5.74) is 3.49. The number of imidazole rings is 1. The van der Waals surface area contributed by atoms with Crippen molar-refractivity contribution in [2.24, 2.45) is 11.3 Å². The van der Waals surface area contributed by atoms with Gasteiger partial charge in [-0.25, -0.2) is 4.98 Å². The molecule has 3 fully saturated rings. The van der Waals surface area contributed by atoms with Gasteiger partial charge in [-0.05, 0) is 56.6 Å². The molecule has 5 heteroatoms. The number of nitrogens with zero attached hydrogens (tertiary/aromatic N) is 4. The van der Waals surface area contributed by atoms with E-state index in [0.29, 0.717) is 11.9 Å². The fourth-order valence-electron chi connectivity index (χ4n) is 5.57. The molecule has 0 bridgehead atoms. The lowest BCUT2D eigenvalue weighted by Gasteiger charge is -2.28. The van der Waals surface area contributed by atoms with Crippen molar-refractivity contribution < 1.29 is 4.79 Å². The highest BCUT2D eigenvalue weighted by Gasteiger charge is 2.58. The number of hydrogen-bond acceptors (Lipinski definition) is 3. The lowest BCUT2D eigenvalue weighted by atomic mass is 9.75. The van der Waals surface area contributed by atoms with Crippen molar-refractivity contribution in [2.75, 3.05) is 26.2 Å². The number of carbonyl (C=O) groups is 1. The molecule has 31 heavy (non-hydrogen) atoms. The van der Waals surface area contributed by atoms with Gasteiger partial charge in [0.05, 0.1) is 17.4 Å². The summed E-state index contributed by atoms with van der Waals surface area (Å²) < 4.78 is 2.18. The van der Waals surface area contributed by atoms with Gasteiger partial charge in [-0.3, -0.25) is 9.69 Å². The number of rotatable bonds is 7. The minimum Gasteiger partial charge on any atom is -0.342 e. The molecule has 5 nitrogen and oxygen atoms in total. The van der Waals surface area contributed by atoms with Gasteiger partial charge < -0.3 is 9.47 Å². The van der Waals surface area contributed by atoms with Crippen molar-refractivity contribution in [3.05, 3.63) is 53.6 Å². The van der Waals surface area contributed by atoms with Crippen LogP contribution >= 0.6 is 0 Å². The lowest BCUT2D eigenvalue weighted by Crippen LogP contribution is -2.40. The van der Waals surface area contributed by atoms with Crippen LogP contribution in [0.3, 0.4) is 0 Å². The Hall–Kier alpha value is -2.14. The van der Waals surface area contributed by atoms with Crippen LogP contribution in [-0.4, -0.2) is 51.4 Å². The summed E-state index contributed by atoms with van der Waals surface area (Å²) >= 11 is 0. The topological polar surface area (TPSA) is 41.4 Å². The summed E-state index contributed by atoms with van der Waals surface area (Å²) in [4.78, 5) is 23.2. The van der Waals surface area contributed by atoms with E-state index in [1.807, 2.05) is 6.33 Å². The van der Waals surface area contributed by atoms with E-state index in [4.69, 9.17) is 4.98 Å². The van der Waals surface area contributed by atoms with Crippen LogP contribution in [0.5, 0.6) is 0 Å². The fraction of sp³-hybridized carbons (Fsp3) is 0.615. The maximum Gasteiger partial charge on any atom is 0.230 e. The average molecular weight is 421 g/mol. The average Bonchev–Trinajstić information content (AvgIpc) is 3.19. The molecule has 2 aliphatic heterocycles. The van der Waals surface area contributed by atoms with Gasteiger partial charge in [-0.15, -0.1) is 0 Å². The summed E-state index contributed by atoms with van der Waals surface area (Å²) in [5, 5.41) is 0. The molecule has 1 spiro atoms. The van der Waals surface area contributed by atoms with Crippen LogP contribution in [0.4, 0.5) is 0 Å². The molecule has 166 valence electrons. The van der Waals surface area contributed by atoms with Gasteiger partial charge >= 0.3 is 0 Å². The molecular weight excluding hydrogens is 384 g/mol. The lowest BCUT2D eigenvalue weighted by molar-refractivity contribution is -0.136. The summed E-state index contributed by atoms with van der Waals surface area (Å²) in [6.07, 6.45) is 8.74. The van der Waals surface area contributed by atoms with Crippen LogP contribution in [0, 0.1) is 11.3 Å². The number of aromatic nitrogens is 2. The van der Waals surface area contributed by atoms with E-state index in [-0.39, 0.29) is 11.3 Å². The van der Waals surface area contributed by atoms with Crippen molar-refractivity contribution in [1.29, 1.82) is 0 Å². The van der Waals surface area contributed by atoms with E-state index in [1.54, 1.807) is 0 Å². The van der Waals surface area contributed by atoms with Gasteiger partial charge in [-0.2, -0.15) is 0 Å². The van der Waals surface area contributed by atoms with Gasteiger partial charge in [-0.1, -0.05) is 31.2 Å². The molecule has 1 amide bonds. The molecule has 0 N–H and O–H groups in total. The highest BCUT2D eigenvalue weighted by Crippen LogP contribution is 2.50. The maximum absolute atomic E-state index is 13.8. The molecule has 1 aromatic heterocycles. The molecular formula is C26H36N4O. The zero-order valence-corrected chi connectivity index (χ0v) is 19.3. The summed E-state index contributed by atoms with van der Waals surface area (Å²) in [6.45, 7) is 11.1. The molecule has 5 rings (SSSR count). The Labute approximate surface area is 186 Å². The molecule has 1 saturated carbocycles. The van der Waals surface area contributed by atoms with Crippen LogP contribution in [0.25, 0.3) is 0 Å². The minimum atomic E-state index is -0.311. The smallest absolute Gasteiger partial charge is 0.230 e. The first kappa shape index (κ1) is 20.7. The largest absolute Gasteiger partial charge is 0.342 e. The van der Waals surface area contributed by atoms with Gasteiger partial charge in [0.2, 0.25) is 5.91 Å². The van der Waals surface area contributed by atoms with E-state index in [0.717, 1.165) is 57.2 Å². The van der Waals surface area contributed by atoms with Crippen LogP contribution in [-0.2, 0) is 17.8 Å². The number of aryl methyl sites for hydroxylation is 1. The molecule has 2 saturated heterocycles. The summed E-state index contributed by atoms with van der Waals surface area (Å²) in [6, 6.07) is 9.37. The standard InChI is InChI=1S/C26H36N4O/c1-4-20-5-7-21(8-6-20)13-28-15-23(24-16-30(18-27-24)19(2)3)26(17-28)11-12-29(25(26)31)14-22-9-10-22/h5-8,16,18-19,22-23H,4,9-15,17H2,1-3H3. The molecule has 3 heterocycles. The van der Waals surface area contributed by atoms with E-state index in [9.17, 15) is 4.79 Å². The number of amides is 1. The maximum atomic E-state index is 13.8. The third kappa shape index (κ3) is 3.93. The van der Waals surface area contributed by atoms with Crippen LogP contribution in [0.1, 0.15) is 68.8 Å². The quantitative estimate of drug-likeness (QED) is 0.672. The predicted octanol–water partition coefficient (Wildman–Crippen LogP) is 4.25. The van der Waals surface area contributed by atoms with Gasteiger partial charge in [0.25, 0.3) is 0 Å². The second kappa shape index (κ2) is 8.09. The molecule has 2 aromatic rings. The van der Waals surface area contributed by atoms with E-state index in [1.165, 1.54) is 24.0 Å². The van der Waals surface area contributed by atoms with E-state index < -0.39 is 0 Å². The SMILES string of the molecule is CCc1ccc(CN2CC(c3cn(C(C)C)cn3)C3(CCN(CC4CC4)C3=O)C2)cc1. The zero-order chi connectivity index (χ0) is 21.6. The molecule has 2 atom stereocenters. The second-order valence-corrected chi connectivity index (χ2v) is 10.3. The number of hydrogen-bond donors (Lipinski definition) is 0. The van der Waals surface area contributed by atoms with Crippen molar-refractivity contribution in [3.8, 4) is 0 Å². The summed E-state index contributed by atoms with van der Waals surface area (Å²) in [5.74, 6) is 1.30. The zero-order valence-electron chi connectivity index (χ0n) is 19.3. The minimum absolute atomic E-state index is 0.180. The van der Waals surface area contributed by atoms with E-state index >= 15 is 0 Å². The van der Waals surface area contributed by atoms with E-state index in [2.05, 4.69) is 65.6 Å². The first-order chi connectivity index (χ1) is 15.0. The monoisotopic (exact) mass is 420 g/mol. The molecule has 3 aliphatic rings. The second-order valence-electron chi connectivity index (χ2n) is 10.3. The Morgan fingerprint density at radius 1 is 1.16 bits per heavy atom. The number of carbonyl (C=O) groups excluding carboxylic acids is 1. The Balaban J connectivity index is 1.40. The third-order valence-corrected chi connectivity index (χ3v) is 7.74. The molecule has 2 unspecified atom stereocenters. The van der Waals surface area contributed by atoms with Gasteiger partial charge in [0.15, 0.2) is 0 Å². The Morgan fingerprint density at radius 2 is 1.90 bits per heavy atom. The fourth-order valence-corrected chi connectivity index (χ4v) is 5.57. The predicted molar refractivity (Wildman–Crippen MR) is 123 cm³/mol. The normalized spacial score (nSPS) is 26.6. The molecule has 1 aliphatic carbocycles. The van der Waals surface area contributed by atoms with Crippen LogP contribution < -0.4 is 0 Å². The van der Waals surface area contributed by atoms with Crippen molar-refractivity contribution in [2.45, 2.75) is 65.0 Å². The van der Waals surface area contributed by atoms with Gasteiger partial charge in [0.1, 0.15) is 0 Å². The van der Waals surface area contributed by atoms with Gasteiger partial charge in [0, 0.05) is 50.9 Å². The Morgan fingerprint density at radius 3 is 2.55 bits per heavy atom. The van der Waals surface area contributed by atoms with Crippen molar-refractivity contribution in [1.82, 2.24) is 19.4 Å². The molecule has 1 aromatic carbocycles. The van der Waals surface area contributed by atoms with Crippen LogP contribution in [0.2, 0.25) is 0 Å². The number of benzene rings is 1. The Bertz CT molecular complexity index is 929. The van der Waals surface area contributed by atoms with Crippen molar-refractivity contribution in [3.63, 3.8) is 0 Å². The Kier molecular flexibility index (Phi) is 5.41. The first-order valence-electron chi connectivity index (χ1n) is 12.1. The highest BCUT2D eigenvalue weighted by molar-refractivity contribution is 5.87.